The van der Waals surface area contributed by atoms with Crippen molar-refractivity contribution in [2.75, 3.05) is 19.6 Å². The minimum atomic E-state index is 1.08. The number of fused-ring (bicyclic) bond motifs is 1. The summed E-state index contributed by atoms with van der Waals surface area (Å²) < 4.78 is 0. The van der Waals surface area contributed by atoms with E-state index in [0.717, 1.165) is 17.6 Å². The van der Waals surface area contributed by atoms with E-state index < -0.39 is 0 Å². The van der Waals surface area contributed by atoms with Gasteiger partial charge in [-0.2, -0.15) is 0 Å². The molecule has 2 heterocycles. The van der Waals surface area contributed by atoms with E-state index >= 15 is 0 Å². The van der Waals surface area contributed by atoms with Crippen LogP contribution in [-0.2, 0) is 12.8 Å². The number of unbranched alkanes of at least 4 members (excludes halogenated alkanes) is 1. The van der Waals surface area contributed by atoms with Gasteiger partial charge in [0.25, 0.3) is 0 Å². The molecule has 0 bridgehead atoms. The van der Waals surface area contributed by atoms with Gasteiger partial charge in [-0.1, -0.05) is 13.3 Å². The van der Waals surface area contributed by atoms with Crippen molar-refractivity contribution in [3.05, 3.63) is 35.3 Å². The van der Waals surface area contributed by atoms with Crippen molar-refractivity contribution in [1.29, 1.82) is 0 Å². The van der Waals surface area contributed by atoms with E-state index in [1.807, 2.05) is 0 Å². The molecule has 0 aliphatic carbocycles. The van der Waals surface area contributed by atoms with Gasteiger partial charge < -0.3 is 4.90 Å². The lowest BCUT2D eigenvalue weighted by Gasteiger charge is -2.26. The molecule has 2 aromatic rings. The van der Waals surface area contributed by atoms with Gasteiger partial charge in [-0.05, 0) is 88.3 Å². The van der Waals surface area contributed by atoms with Crippen LogP contribution in [0.2, 0.25) is 0 Å². The van der Waals surface area contributed by atoms with Crippen LogP contribution in [0, 0.1) is 6.92 Å². The first-order chi connectivity index (χ1) is 11.3. The highest BCUT2D eigenvalue weighted by Gasteiger charge is 2.10. The predicted octanol–water partition coefficient (Wildman–Crippen LogP) is 4.31. The van der Waals surface area contributed by atoms with E-state index in [1.165, 1.54) is 74.7 Å². The topological polar surface area (TPSA) is 29.0 Å². The Morgan fingerprint density at radius 3 is 2.61 bits per heavy atom. The van der Waals surface area contributed by atoms with Gasteiger partial charge in [0.1, 0.15) is 6.33 Å². The fourth-order valence-corrected chi connectivity index (χ4v) is 3.72. The standard InChI is InChI=1S/C20H29N3/c1-3-17-14-20-19(16(2)21-15-22-20)13-18(17)9-5-8-12-23-10-6-4-7-11-23/h13-15H,3-12H2,1-2H3. The molecule has 0 N–H and O–H groups in total. The molecule has 1 aliphatic rings. The fraction of sp³-hybridized carbons (Fsp3) is 0.600. The van der Waals surface area contributed by atoms with Crippen molar-refractivity contribution in [1.82, 2.24) is 14.9 Å². The lowest BCUT2D eigenvalue weighted by molar-refractivity contribution is 0.225. The van der Waals surface area contributed by atoms with Crippen molar-refractivity contribution >= 4 is 10.9 Å². The number of likely N-dealkylation sites (tertiary alicyclic amines) is 1. The smallest absolute Gasteiger partial charge is 0.116 e. The molecule has 0 radical (unpaired) electrons. The number of aromatic nitrogens is 2. The summed E-state index contributed by atoms with van der Waals surface area (Å²) in [6.07, 6.45) is 10.7. The summed E-state index contributed by atoms with van der Waals surface area (Å²) in [4.78, 5) is 11.4. The molecule has 1 aromatic heterocycles. The molecule has 0 amide bonds. The molecule has 23 heavy (non-hydrogen) atoms. The number of hydrogen-bond acceptors (Lipinski definition) is 3. The summed E-state index contributed by atoms with van der Waals surface area (Å²) in [6, 6.07) is 4.61. The van der Waals surface area contributed by atoms with Crippen LogP contribution >= 0.6 is 0 Å². The lowest BCUT2D eigenvalue weighted by Crippen LogP contribution is -2.30. The average Bonchev–Trinajstić information content (AvgIpc) is 2.59. The van der Waals surface area contributed by atoms with Gasteiger partial charge in [0, 0.05) is 11.1 Å². The second kappa shape index (κ2) is 7.87. The van der Waals surface area contributed by atoms with Crippen molar-refractivity contribution in [2.45, 2.75) is 58.8 Å². The number of hydrogen-bond donors (Lipinski definition) is 0. The van der Waals surface area contributed by atoms with E-state index in [2.05, 4.69) is 40.8 Å². The number of aryl methyl sites for hydroxylation is 3. The molecule has 3 rings (SSSR count). The van der Waals surface area contributed by atoms with Gasteiger partial charge in [-0.3, -0.25) is 0 Å². The maximum Gasteiger partial charge on any atom is 0.116 e. The van der Waals surface area contributed by atoms with Crippen molar-refractivity contribution < 1.29 is 0 Å². The highest BCUT2D eigenvalue weighted by atomic mass is 15.1. The highest BCUT2D eigenvalue weighted by Crippen LogP contribution is 2.22. The zero-order valence-corrected chi connectivity index (χ0v) is 14.6. The number of rotatable bonds is 6. The first-order valence-electron chi connectivity index (χ1n) is 9.23. The van der Waals surface area contributed by atoms with Gasteiger partial charge in [0.15, 0.2) is 0 Å². The summed E-state index contributed by atoms with van der Waals surface area (Å²) in [5, 5.41) is 1.22. The minimum Gasteiger partial charge on any atom is -0.303 e. The predicted molar refractivity (Wildman–Crippen MR) is 96.9 cm³/mol. The van der Waals surface area contributed by atoms with E-state index in [4.69, 9.17) is 0 Å². The highest BCUT2D eigenvalue weighted by molar-refractivity contribution is 5.82. The molecular weight excluding hydrogens is 282 g/mol. The molecule has 3 nitrogen and oxygen atoms in total. The molecule has 1 aliphatic heterocycles. The third kappa shape index (κ3) is 4.08. The average molecular weight is 311 g/mol. The molecule has 1 fully saturated rings. The van der Waals surface area contributed by atoms with Gasteiger partial charge >= 0.3 is 0 Å². The van der Waals surface area contributed by atoms with Crippen LogP contribution in [0.15, 0.2) is 18.5 Å². The summed E-state index contributed by atoms with van der Waals surface area (Å²) in [7, 11) is 0. The zero-order valence-electron chi connectivity index (χ0n) is 14.6. The van der Waals surface area contributed by atoms with E-state index in [1.54, 1.807) is 6.33 Å². The Hall–Kier alpha value is -1.48. The monoisotopic (exact) mass is 311 g/mol. The van der Waals surface area contributed by atoms with Crippen LogP contribution in [-0.4, -0.2) is 34.5 Å². The van der Waals surface area contributed by atoms with E-state index in [9.17, 15) is 0 Å². The van der Waals surface area contributed by atoms with Crippen molar-refractivity contribution in [2.24, 2.45) is 0 Å². The number of benzene rings is 1. The second-order valence-corrected chi connectivity index (χ2v) is 6.81. The van der Waals surface area contributed by atoms with Crippen LogP contribution in [0.1, 0.15) is 55.8 Å². The quantitative estimate of drug-likeness (QED) is 0.744. The first kappa shape index (κ1) is 16.4. The maximum atomic E-state index is 4.43. The first-order valence-corrected chi connectivity index (χ1v) is 9.23. The third-order valence-corrected chi connectivity index (χ3v) is 5.16. The SMILES string of the molecule is CCc1cc2ncnc(C)c2cc1CCCCN1CCCCC1. The molecule has 0 atom stereocenters. The third-order valence-electron chi connectivity index (χ3n) is 5.16. The Morgan fingerprint density at radius 1 is 1.00 bits per heavy atom. The summed E-state index contributed by atoms with van der Waals surface area (Å²) in [5.74, 6) is 0. The summed E-state index contributed by atoms with van der Waals surface area (Å²) >= 11 is 0. The molecule has 0 spiro atoms. The Balaban J connectivity index is 1.63. The van der Waals surface area contributed by atoms with Crippen molar-refractivity contribution in [3.8, 4) is 0 Å². The molecule has 0 saturated carbocycles. The van der Waals surface area contributed by atoms with Gasteiger partial charge in [-0.15, -0.1) is 0 Å². The maximum absolute atomic E-state index is 4.43. The van der Waals surface area contributed by atoms with Gasteiger partial charge in [-0.25, -0.2) is 9.97 Å². The number of piperidine rings is 1. The molecule has 1 saturated heterocycles. The minimum absolute atomic E-state index is 1.08. The number of nitrogens with zero attached hydrogens (tertiary/aromatic N) is 3. The molecule has 3 heteroatoms. The summed E-state index contributed by atoms with van der Waals surface area (Å²) in [5.41, 5.74) is 5.13. The van der Waals surface area contributed by atoms with Crippen LogP contribution in [0.4, 0.5) is 0 Å². The molecule has 1 aromatic carbocycles. The van der Waals surface area contributed by atoms with Crippen LogP contribution in [0.5, 0.6) is 0 Å². The van der Waals surface area contributed by atoms with E-state index in [0.29, 0.717) is 0 Å². The largest absolute Gasteiger partial charge is 0.303 e. The fourth-order valence-electron chi connectivity index (χ4n) is 3.72. The normalized spacial score (nSPS) is 16.1. The Morgan fingerprint density at radius 2 is 1.83 bits per heavy atom. The van der Waals surface area contributed by atoms with Gasteiger partial charge in [0.05, 0.1) is 5.52 Å². The van der Waals surface area contributed by atoms with E-state index in [-0.39, 0.29) is 0 Å². The van der Waals surface area contributed by atoms with Crippen LogP contribution in [0.25, 0.3) is 10.9 Å². The Bertz CT molecular complexity index is 645. The Labute approximate surface area is 140 Å². The van der Waals surface area contributed by atoms with Gasteiger partial charge in [0.2, 0.25) is 0 Å². The van der Waals surface area contributed by atoms with Crippen LogP contribution in [0.3, 0.4) is 0 Å². The molecular formula is C20H29N3. The van der Waals surface area contributed by atoms with Crippen LogP contribution < -0.4 is 0 Å². The molecule has 124 valence electrons. The zero-order chi connectivity index (χ0) is 16.1. The second-order valence-electron chi connectivity index (χ2n) is 6.81. The van der Waals surface area contributed by atoms with Crippen molar-refractivity contribution in [3.63, 3.8) is 0 Å². The Kier molecular flexibility index (Phi) is 5.60. The molecule has 0 unspecified atom stereocenters. The lowest BCUT2D eigenvalue weighted by atomic mass is 9.97. The summed E-state index contributed by atoms with van der Waals surface area (Å²) in [6.45, 7) is 8.22.